The summed E-state index contributed by atoms with van der Waals surface area (Å²) < 4.78 is 0.973. The van der Waals surface area contributed by atoms with Crippen molar-refractivity contribution in [2.24, 2.45) is 5.73 Å². The van der Waals surface area contributed by atoms with E-state index in [9.17, 15) is 0 Å². The number of benzene rings is 1. The maximum absolute atomic E-state index is 5.73. The molecule has 2 N–H and O–H groups in total. The lowest BCUT2D eigenvalue weighted by Gasteiger charge is -2.09. The summed E-state index contributed by atoms with van der Waals surface area (Å²) in [5, 5.41) is 3.06. The van der Waals surface area contributed by atoms with Crippen LogP contribution in [-0.4, -0.2) is 16.5 Å². The number of nitrogens with two attached hydrogens (primary N) is 1. The molecule has 0 radical (unpaired) electrons. The van der Waals surface area contributed by atoms with E-state index < -0.39 is 0 Å². The molecule has 2 aromatic heterocycles. The van der Waals surface area contributed by atoms with Gasteiger partial charge in [-0.05, 0) is 70.5 Å². The van der Waals surface area contributed by atoms with Gasteiger partial charge in [0.15, 0.2) is 0 Å². The van der Waals surface area contributed by atoms with E-state index in [-0.39, 0.29) is 0 Å². The highest BCUT2D eigenvalue weighted by molar-refractivity contribution is 9.10. The van der Waals surface area contributed by atoms with E-state index in [0.29, 0.717) is 6.54 Å². The van der Waals surface area contributed by atoms with Gasteiger partial charge in [0.05, 0.1) is 5.52 Å². The van der Waals surface area contributed by atoms with Gasteiger partial charge in [-0.3, -0.25) is 0 Å². The fraction of sp³-hybridized carbons (Fsp3) is 0.125. The summed E-state index contributed by atoms with van der Waals surface area (Å²) in [5.41, 5.74) is 7.90. The van der Waals surface area contributed by atoms with Gasteiger partial charge in [0, 0.05) is 16.1 Å². The van der Waals surface area contributed by atoms with Crippen LogP contribution in [0.4, 0.5) is 0 Å². The molecule has 0 fully saturated rings. The first-order chi connectivity index (χ1) is 10.3. The molecule has 21 heavy (non-hydrogen) atoms. The van der Waals surface area contributed by atoms with Crippen molar-refractivity contribution < 1.29 is 0 Å². The first kappa shape index (κ1) is 14.5. The van der Waals surface area contributed by atoms with Gasteiger partial charge in [-0.1, -0.05) is 18.2 Å². The Labute approximate surface area is 136 Å². The molecule has 3 rings (SSSR count). The molecule has 2 heterocycles. The van der Waals surface area contributed by atoms with Gasteiger partial charge >= 0.3 is 0 Å². The third kappa shape index (κ3) is 3.43. The second-order valence-corrected chi connectivity index (χ2v) is 6.53. The van der Waals surface area contributed by atoms with Gasteiger partial charge in [-0.2, -0.15) is 0 Å². The van der Waals surface area contributed by atoms with Crippen LogP contribution in [0.25, 0.3) is 10.9 Å². The lowest BCUT2D eigenvalue weighted by atomic mass is 10.1. The molecule has 3 nitrogen and oxygen atoms in total. The molecule has 0 bridgehead atoms. The molecule has 5 heteroatoms. The summed E-state index contributed by atoms with van der Waals surface area (Å²) in [4.78, 5) is 9.17. The highest BCUT2D eigenvalue weighted by Crippen LogP contribution is 2.30. The van der Waals surface area contributed by atoms with Crippen LogP contribution in [0, 0.1) is 0 Å². The predicted molar refractivity (Wildman–Crippen MR) is 90.6 cm³/mol. The smallest absolute Gasteiger partial charge is 0.106 e. The molecule has 3 aromatic rings. The summed E-state index contributed by atoms with van der Waals surface area (Å²) in [6, 6.07) is 14.3. The zero-order valence-electron chi connectivity index (χ0n) is 11.3. The number of pyridine rings is 2. The molecule has 0 saturated carbocycles. The Morgan fingerprint density at radius 1 is 1.14 bits per heavy atom. The Morgan fingerprint density at radius 3 is 2.76 bits per heavy atom. The number of rotatable bonds is 4. The zero-order chi connectivity index (χ0) is 14.7. The quantitative estimate of drug-likeness (QED) is 0.763. The van der Waals surface area contributed by atoms with E-state index in [0.717, 1.165) is 31.8 Å². The molecule has 106 valence electrons. The SMILES string of the molecule is NCCc1cc2ccccc2nc1Sc1ccc(Br)cn1. The summed E-state index contributed by atoms with van der Waals surface area (Å²) in [5.74, 6) is 0. The Balaban J connectivity index is 2.02. The fourth-order valence-corrected chi connectivity index (χ4v) is 3.20. The molecule has 0 unspecified atom stereocenters. The van der Waals surface area contributed by atoms with Crippen LogP contribution in [0.2, 0.25) is 0 Å². The number of nitrogens with zero attached hydrogens (tertiary/aromatic N) is 2. The minimum absolute atomic E-state index is 0.612. The standard InChI is InChI=1S/C16H14BrN3S/c17-13-5-6-15(19-10-13)21-16-12(7-8-18)9-11-3-1-2-4-14(11)20-16/h1-6,9-10H,7-8,18H2. The van der Waals surface area contributed by atoms with Gasteiger partial charge in [-0.15, -0.1) is 0 Å². The van der Waals surface area contributed by atoms with Gasteiger partial charge in [-0.25, -0.2) is 9.97 Å². The largest absolute Gasteiger partial charge is 0.330 e. The van der Waals surface area contributed by atoms with Crippen LogP contribution in [0.3, 0.4) is 0 Å². The Hall–Kier alpha value is -1.43. The van der Waals surface area contributed by atoms with E-state index in [4.69, 9.17) is 10.7 Å². The molecule has 0 aliphatic heterocycles. The van der Waals surface area contributed by atoms with Crippen molar-refractivity contribution in [3.05, 3.63) is 58.7 Å². The lowest BCUT2D eigenvalue weighted by Crippen LogP contribution is -2.05. The molecule has 0 atom stereocenters. The van der Waals surface area contributed by atoms with E-state index in [1.165, 1.54) is 5.56 Å². The summed E-state index contributed by atoms with van der Waals surface area (Å²) >= 11 is 4.98. The molecular weight excluding hydrogens is 346 g/mol. The van der Waals surface area contributed by atoms with Crippen molar-refractivity contribution in [2.45, 2.75) is 16.5 Å². The molecular formula is C16H14BrN3S. The van der Waals surface area contributed by atoms with E-state index in [1.807, 2.05) is 30.3 Å². The van der Waals surface area contributed by atoms with Crippen LogP contribution < -0.4 is 5.73 Å². The maximum atomic E-state index is 5.73. The van der Waals surface area contributed by atoms with Crippen molar-refractivity contribution in [1.29, 1.82) is 0 Å². The normalized spacial score (nSPS) is 11.0. The molecule has 1 aromatic carbocycles. The highest BCUT2D eigenvalue weighted by atomic mass is 79.9. The Morgan fingerprint density at radius 2 is 2.00 bits per heavy atom. The Bertz CT molecular complexity index is 759. The van der Waals surface area contributed by atoms with Crippen molar-refractivity contribution >= 4 is 38.6 Å². The van der Waals surface area contributed by atoms with Crippen molar-refractivity contribution in [3.8, 4) is 0 Å². The van der Waals surface area contributed by atoms with Gasteiger partial charge in [0.1, 0.15) is 10.1 Å². The van der Waals surface area contributed by atoms with E-state index in [2.05, 4.69) is 33.0 Å². The second kappa shape index (κ2) is 6.56. The number of hydrogen-bond donors (Lipinski definition) is 1. The van der Waals surface area contributed by atoms with Crippen molar-refractivity contribution in [2.75, 3.05) is 6.54 Å². The van der Waals surface area contributed by atoms with E-state index >= 15 is 0 Å². The first-order valence-electron chi connectivity index (χ1n) is 6.64. The fourth-order valence-electron chi connectivity index (χ4n) is 2.09. The third-order valence-electron chi connectivity index (χ3n) is 3.08. The topological polar surface area (TPSA) is 51.8 Å². The maximum Gasteiger partial charge on any atom is 0.106 e. The van der Waals surface area contributed by atoms with Crippen LogP contribution in [0.5, 0.6) is 0 Å². The average molecular weight is 360 g/mol. The average Bonchev–Trinajstić information content (AvgIpc) is 2.50. The number of halogens is 1. The van der Waals surface area contributed by atoms with Gasteiger partial charge in [0.2, 0.25) is 0 Å². The van der Waals surface area contributed by atoms with Crippen LogP contribution in [0.15, 0.2) is 63.2 Å². The first-order valence-corrected chi connectivity index (χ1v) is 8.25. The number of aromatic nitrogens is 2. The number of hydrogen-bond acceptors (Lipinski definition) is 4. The highest BCUT2D eigenvalue weighted by Gasteiger charge is 2.09. The van der Waals surface area contributed by atoms with Crippen molar-refractivity contribution in [3.63, 3.8) is 0 Å². The number of para-hydroxylation sites is 1. The minimum Gasteiger partial charge on any atom is -0.330 e. The van der Waals surface area contributed by atoms with Crippen molar-refractivity contribution in [1.82, 2.24) is 9.97 Å². The van der Waals surface area contributed by atoms with Crippen LogP contribution >= 0.6 is 27.7 Å². The third-order valence-corrected chi connectivity index (χ3v) is 4.54. The predicted octanol–water partition coefficient (Wildman–Crippen LogP) is 4.04. The van der Waals surface area contributed by atoms with E-state index in [1.54, 1.807) is 18.0 Å². The molecule has 0 saturated heterocycles. The molecule has 0 aliphatic rings. The lowest BCUT2D eigenvalue weighted by molar-refractivity contribution is 0.920. The Kier molecular flexibility index (Phi) is 4.53. The monoisotopic (exact) mass is 359 g/mol. The summed E-state index contributed by atoms with van der Waals surface area (Å²) in [7, 11) is 0. The molecule has 0 aliphatic carbocycles. The zero-order valence-corrected chi connectivity index (χ0v) is 13.7. The minimum atomic E-state index is 0.612. The van der Waals surface area contributed by atoms with Crippen LogP contribution in [-0.2, 0) is 6.42 Å². The second-order valence-electron chi connectivity index (χ2n) is 4.60. The van der Waals surface area contributed by atoms with Gasteiger partial charge in [0.25, 0.3) is 0 Å². The van der Waals surface area contributed by atoms with Gasteiger partial charge < -0.3 is 5.73 Å². The molecule has 0 spiro atoms. The summed E-state index contributed by atoms with van der Waals surface area (Å²) in [6.45, 7) is 0.612. The number of fused-ring (bicyclic) bond motifs is 1. The van der Waals surface area contributed by atoms with Crippen LogP contribution in [0.1, 0.15) is 5.56 Å². The summed E-state index contributed by atoms with van der Waals surface area (Å²) in [6.07, 6.45) is 2.61. The molecule has 0 amide bonds.